The highest BCUT2D eigenvalue weighted by Gasteiger charge is 2.23. The first-order valence-electron chi connectivity index (χ1n) is 4.24. The number of hydrogen-bond donors (Lipinski definition) is 0. The molecular weight excluding hydrogens is 150 g/mol. The number of rotatable bonds is 1. The topological polar surface area (TPSA) is 29.4 Å². The minimum Gasteiger partial charge on any atom is -0.150 e. The number of benzene rings is 1. The Morgan fingerprint density at radius 3 is 3.08 bits per heavy atom. The second-order valence-electron chi connectivity index (χ2n) is 3.30. The summed E-state index contributed by atoms with van der Waals surface area (Å²) in [4.78, 5) is 10.4. The van der Waals surface area contributed by atoms with Crippen molar-refractivity contribution in [3.8, 4) is 0 Å². The Bertz CT molecular complexity index is 320. The van der Waals surface area contributed by atoms with E-state index in [1.807, 2.05) is 12.1 Å². The van der Waals surface area contributed by atoms with E-state index < -0.39 is 0 Å². The lowest BCUT2D eigenvalue weighted by molar-refractivity contribution is 0.710. The molecule has 1 aromatic rings. The smallest absolute Gasteiger partial charge is 0.117 e. The largest absolute Gasteiger partial charge is 0.150 e. The lowest BCUT2D eigenvalue weighted by atomic mass is 10.0. The van der Waals surface area contributed by atoms with E-state index in [0.29, 0.717) is 0 Å². The molecule has 2 rings (SSSR count). The molecule has 62 valence electrons. The van der Waals surface area contributed by atoms with Gasteiger partial charge in [0.05, 0.1) is 0 Å². The fourth-order valence-electron chi connectivity index (χ4n) is 1.92. The molecule has 2 nitrogen and oxygen atoms in total. The van der Waals surface area contributed by atoms with Crippen molar-refractivity contribution < 1.29 is 0 Å². The van der Waals surface area contributed by atoms with E-state index in [1.54, 1.807) is 0 Å². The Kier molecular flexibility index (Phi) is 1.68. The van der Waals surface area contributed by atoms with Crippen LogP contribution in [0.4, 0.5) is 0 Å². The van der Waals surface area contributed by atoms with Crippen LogP contribution in [0.5, 0.6) is 0 Å². The molecule has 0 spiro atoms. The molecule has 1 unspecified atom stereocenters. The number of aryl methyl sites for hydroxylation is 1. The monoisotopic (exact) mass is 161 g/mol. The average molecular weight is 161 g/mol. The van der Waals surface area contributed by atoms with Gasteiger partial charge in [0.25, 0.3) is 0 Å². The first-order valence-corrected chi connectivity index (χ1v) is 4.24. The summed E-state index contributed by atoms with van der Waals surface area (Å²) in [5.74, 6) is 0. The van der Waals surface area contributed by atoms with Gasteiger partial charge >= 0.3 is 0 Å². The zero-order valence-electron chi connectivity index (χ0n) is 7.08. The van der Waals surface area contributed by atoms with Gasteiger partial charge in [-0.1, -0.05) is 23.4 Å². The Morgan fingerprint density at radius 2 is 2.33 bits per heavy atom. The van der Waals surface area contributed by atoms with Crippen LogP contribution in [0, 0.1) is 11.8 Å². The fourth-order valence-corrected chi connectivity index (χ4v) is 1.92. The van der Waals surface area contributed by atoms with Crippen molar-refractivity contribution >= 4 is 0 Å². The average Bonchev–Trinajstić information content (AvgIpc) is 2.49. The van der Waals surface area contributed by atoms with Crippen LogP contribution in [0.25, 0.3) is 0 Å². The Balaban J connectivity index is 2.52. The van der Waals surface area contributed by atoms with E-state index in [2.05, 4.69) is 18.2 Å². The molecular formula is C10H11NO. The highest BCUT2D eigenvalue weighted by Crippen LogP contribution is 2.35. The van der Waals surface area contributed by atoms with Gasteiger partial charge in [-0.25, -0.2) is 0 Å². The first-order chi connectivity index (χ1) is 5.83. The van der Waals surface area contributed by atoms with Gasteiger partial charge in [-0.15, -0.1) is 0 Å². The van der Waals surface area contributed by atoms with Gasteiger partial charge in [0, 0.05) is 0 Å². The minimum atomic E-state index is -0.0834. The number of nitrogens with zero attached hydrogens (tertiary/aromatic N) is 1. The second kappa shape index (κ2) is 2.70. The van der Waals surface area contributed by atoms with Crippen LogP contribution in [0.1, 0.15) is 29.2 Å². The molecule has 0 aliphatic heterocycles. The standard InChI is InChI=1S/C10H11NO/c1-7-3-2-4-9-8(7)5-6-10(9)11-12/h2-4,10H,5-6H2,1H3. The maximum absolute atomic E-state index is 10.4. The van der Waals surface area contributed by atoms with Gasteiger partial charge in [0.15, 0.2) is 0 Å². The Morgan fingerprint density at radius 1 is 1.50 bits per heavy atom. The maximum Gasteiger partial charge on any atom is 0.117 e. The van der Waals surface area contributed by atoms with Crippen molar-refractivity contribution in [1.82, 2.24) is 0 Å². The summed E-state index contributed by atoms with van der Waals surface area (Å²) in [7, 11) is 0. The predicted molar refractivity (Wildman–Crippen MR) is 48.0 cm³/mol. The quantitative estimate of drug-likeness (QED) is 0.582. The summed E-state index contributed by atoms with van der Waals surface area (Å²) in [6, 6.07) is 6.02. The molecule has 0 bridgehead atoms. The van der Waals surface area contributed by atoms with Gasteiger partial charge < -0.3 is 0 Å². The van der Waals surface area contributed by atoms with E-state index >= 15 is 0 Å². The zero-order chi connectivity index (χ0) is 8.55. The van der Waals surface area contributed by atoms with Crippen LogP contribution in [0.3, 0.4) is 0 Å². The number of fused-ring (bicyclic) bond motifs is 1. The third kappa shape index (κ3) is 0.951. The van der Waals surface area contributed by atoms with Crippen molar-refractivity contribution in [3.63, 3.8) is 0 Å². The molecule has 0 N–H and O–H groups in total. The van der Waals surface area contributed by atoms with E-state index in [9.17, 15) is 4.91 Å². The summed E-state index contributed by atoms with van der Waals surface area (Å²) >= 11 is 0. The molecule has 0 saturated carbocycles. The molecule has 1 aliphatic carbocycles. The van der Waals surface area contributed by atoms with Crippen LogP contribution < -0.4 is 0 Å². The zero-order valence-corrected chi connectivity index (χ0v) is 7.08. The third-order valence-corrected chi connectivity index (χ3v) is 2.60. The van der Waals surface area contributed by atoms with Crippen molar-refractivity contribution in [1.29, 1.82) is 0 Å². The molecule has 0 fully saturated rings. The highest BCUT2D eigenvalue weighted by molar-refractivity contribution is 5.40. The molecule has 1 atom stereocenters. The molecule has 0 amide bonds. The Labute approximate surface area is 71.6 Å². The summed E-state index contributed by atoms with van der Waals surface area (Å²) in [6.45, 7) is 2.09. The van der Waals surface area contributed by atoms with Gasteiger partial charge in [0.1, 0.15) is 6.04 Å². The molecule has 0 aromatic heterocycles. The number of nitroso groups, excluding NO2 is 1. The third-order valence-electron chi connectivity index (χ3n) is 2.60. The summed E-state index contributed by atoms with van der Waals surface area (Å²) in [5, 5.41) is 3.12. The first kappa shape index (κ1) is 7.47. The summed E-state index contributed by atoms with van der Waals surface area (Å²) < 4.78 is 0. The van der Waals surface area contributed by atoms with Gasteiger partial charge in [0.2, 0.25) is 0 Å². The van der Waals surface area contributed by atoms with Crippen molar-refractivity contribution in [2.75, 3.05) is 0 Å². The molecule has 1 aromatic carbocycles. The van der Waals surface area contributed by atoms with Crippen LogP contribution >= 0.6 is 0 Å². The van der Waals surface area contributed by atoms with E-state index in [1.165, 1.54) is 11.1 Å². The molecule has 0 radical (unpaired) electrons. The second-order valence-corrected chi connectivity index (χ2v) is 3.30. The van der Waals surface area contributed by atoms with E-state index in [-0.39, 0.29) is 6.04 Å². The molecule has 2 heteroatoms. The van der Waals surface area contributed by atoms with Crippen LogP contribution in [0.15, 0.2) is 23.4 Å². The van der Waals surface area contributed by atoms with Gasteiger partial charge in [-0.2, -0.15) is 4.91 Å². The maximum atomic E-state index is 10.4. The molecule has 0 heterocycles. The lowest BCUT2D eigenvalue weighted by Crippen LogP contribution is -1.88. The summed E-state index contributed by atoms with van der Waals surface area (Å²) in [6.07, 6.45) is 1.90. The lowest BCUT2D eigenvalue weighted by Gasteiger charge is -2.03. The van der Waals surface area contributed by atoms with Crippen molar-refractivity contribution in [2.45, 2.75) is 25.8 Å². The predicted octanol–water partition coefficient (Wildman–Crippen LogP) is 2.75. The highest BCUT2D eigenvalue weighted by atomic mass is 16.3. The number of hydrogen-bond acceptors (Lipinski definition) is 2. The molecule has 0 saturated heterocycles. The van der Waals surface area contributed by atoms with E-state index in [4.69, 9.17) is 0 Å². The van der Waals surface area contributed by atoms with Crippen molar-refractivity contribution in [2.24, 2.45) is 5.18 Å². The van der Waals surface area contributed by atoms with Gasteiger partial charge in [-0.05, 0) is 36.5 Å². The summed E-state index contributed by atoms with van der Waals surface area (Å²) in [5.41, 5.74) is 3.77. The minimum absolute atomic E-state index is 0.0834. The van der Waals surface area contributed by atoms with Crippen LogP contribution in [0.2, 0.25) is 0 Å². The van der Waals surface area contributed by atoms with Crippen LogP contribution in [-0.4, -0.2) is 0 Å². The molecule has 1 aliphatic rings. The van der Waals surface area contributed by atoms with Gasteiger partial charge in [-0.3, -0.25) is 0 Å². The van der Waals surface area contributed by atoms with Crippen LogP contribution in [-0.2, 0) is 6.42 Å². The normalized spacial score (nSPS) is 20.6. The molecule has 12 heavy (non-hydrogen) atoms. The van der Waals surface area contributed by atoms with E-state index in [0.717, 1.165) is 18.4 Å². The Hall–Kier alpha value is -1.18. The fraction of sp³-hybridized carbons (Fsp3) is 0.400. The van der Waals surface area contributed by atoms with Crippen molar-refractivity contribution in [3.05, 3.63) is 39.8 Å². The SMILES string of the molecule is Cc1cccc2c1CCC2N=O.